The Balaban J connectivity index is 0.00000205. The first-order valence-electron chi connectivity index (χ1n) is 11.8. The Bertz CT molecular complexity index is 1380. The summed E-state index contributed by atoms with van der Waals surface area (Å²) in [7, 11) is -4.28. The highest BCUT2D eigenvalue weighted by atomic mass is 32.2. The van der Waals surface area contributed by atoms with E-state index in [0.29, 0.717) is 0 Å². The van der Waals surface area contributed by atoms with Gasteiger partial charge in [0.05, 0.1) is 21.2 Å². The largest absolute Gasteiger partial charge is 0.487 e. The Kier molecular flexibility index (Phi) is 9.00. The van der Waals surface area contributed by atoms with Gasteiger partial charge in [-0.15, -0.1) is 0 Å². The lowest BCUT2D eigenvalue weighted by atomic mass is 10.2. The van der Waals surface area contributed by atoms with E-state index in [1.165, 1.54) is 36.4 Å². The fourth-order valence-corrected chi connectivity index (χ4v) is 4.93. The lowest BCUT2D eigenvalue weighted by Crippen LogP contribution is -2.30. The molecule has 2 aromatic carbocycles. The second-order valence-corrected chi connectivity index (χ2v) is 9.60. The number of hydrogen-bond acceptors (Lipinski definition) is 8. The van der Waals surface area contributed by atoms with E-state index in [4.69, 9.17) is 9.47 Å². The van der Waals surface area contributed by atoms with Gasteiger partial charge in [0.15, 0.2) is 0 Å². The first kappa shape index (κ1) is 28.8. The molecule has 4 rings (SSSR count). The number of imide groups is 2. The molecule has 2 heterocycles. The van der Waals surface area contributed by atoms with Crippen molar-refractivity contribution in [1.82, 2.24) is 0 Å². The van der Waals surface area contributed by atoms with Gasteiger partial charge < -0.3 is 9.47 Å². The van der Waals surface area contributed by atoms with Crippen molar-refractivity contribution in [3.63, 3.8) is 0 Å². The Morgan fingerprint density at radius 3 is 1.31 bits per heavy atom. The third-order valence-electron chi connectivity index (χ3n) is 5.30. The average molecular weight is 551 g/mol. The van der Waals surface area contributed by atoms with E-state index in [-0.39, 0.29) is 45.9 Å². The zero-order valence-corrected chi connectivity index (χ0v) is 22.1. The fourth-order valence-electron chi connectivity index (χ4n) is 3.63. The predicted octanol–water partition coefficient (Wildman–Crippen LogP) is 3.53. The Morgan fingerprint density at radius 2 is 1.00 bits per heavy atom. The summed E-state index contributed by atoms with van der Waals surface area (Å²) in [5.74, 6) is -2.45. The highest BCUT2D eigenvalue weighted by molar-refractivity contribution is 7.91. The number of benzene rings is 2. The van der Waals surface area contributed by atoms with Gasteiger partial charge in [-0.05, 0) is 36.4 Å². The lowest BCUT2D eigenvalue weighted by Gasteiger charge is -2.20. The number of hydrogen-bond donors (Lipinski definition) is 0. The molecule has 0 N–H and O–H groups in total. The quantitative estimate of drug-likeness (QED) is 0.325. The molecule has 4 amide bonds. The molecule has 0 spiro atoms. The topological polar surface area (TPSA) is 127 Å². The summed E-state index contributed by atoms with van der Waals surface area (Å²) in [5.41, 5.74) is -0.133. The average Bonchev–Trinajstić information content (AvgIpc) is 3.46. The molecule has 0 radical (unpaired) electrons. The van der Waals surface area contributed by atoms with Gasteiger partial charge in [0.2, 0.25) is 9.84 Å². The summed E-state index contributed by atoms with van der Waals surface area (Å²) in [6.07, 6.45) is 7.15. The first-order valence-corrected chi connectivity index (χ1v) is 13.3. The van der Waals surface area contributed by atoms with Crippen molar-refractivity contribution in [3.8, 4) is 11.5 Å². The van der Waals surface area contributed by atoms with Crippen LogP contribution >= 0.6 is 0 Å². The van der Waals surface area contributed by atoms with Crippen LogP contribution in [0.1, 0.15) is 13.8 Å². The van der Waals surface area contributed by atoms with Crippen molar-refractivity contribution in [2.75, 3.05) is 23.0 Å². The van der Waals surface area contributed by atoms with E-state index in [1.54, 1.807) is 0 Å². The van der Waals surface area contributed by atoms with Crippen LogP contribution in [0.2, 0.25) is 0 Å². The van der Waals surface area contributed by atoms with Crippen LogP contribution in [0.5, 0.6) is 11.5 Å². The van der Waals surface area contributed by atoms with Crippen molar-refractivity contribution in [2.24, 2.45) is 0 Å². The van der Waals surface area contributed by atoms with Crippen LogP contribution in [0.3, 0.4) is 0 Å². The van der Waals surface area contributed by atoms with E-state index in [9.17, 15) is 27.6 Å². The molecule has 2 aliphatic heterocycles. The van der Waals surface area contributed by atoms with Crippen LogP contribution in [-0.2, 0) is 29.0 Å². The van der Waals surface area contributed by atoms with Gasteiger partial charge in [-0.2, -0.15) is 0 Å². The van der Waals surface area contributed by atoms with Gasteiger partial charge in [0, 0.05) is 24.3 Å². The minimum atomic E-state index is -4.28. The summed E-state index contributed by atoms with van der Waals surface area (Å²) in [5, 5.41) is 0. The van der Waals surface area contributed by atoms with Crippen molar-refractivity contribution in [1.29, 1.82) is 0 Å². The summed E-state index contributed by atoms with van der Waals surface area (Å²) in [4.78, 5) is 50.3. The fraction of sp³-hybridized carbons (Fsp3) is 0.143. The van der Waals surface area contributed by atoms with Crippen LogP contribution in [-0.4, -0.2) is 45.3 Å². The molecule has 39 heavy (non-hydrogen) atoms. The molecule has 0 saturated heterocycles. The minimum absolute atomic E-state index is 0.0458. The van der Waals surface area contributed by atoms with Gasteiger partial charge >= 0.3 is 0 Å². The highest BCUT2D eigenvalue weighted by Gasteiger charge is 2.32. The summed E-state index contributed by atoms with van der Waals surface area (Å²) in [6.45, 7) is 11.2. The Morgan fingerprint density at radius 1 is 0.667 bits per heavy atom. The summed E-state index contributed by atoms with van der Waals surface area (Å²) in [6, 6.07) is 7.45. The molecular formula is C28H26N2O8S. The van der Waals surface area contributed by atoms with Gasteiger partial charge in [-0.1, -0.05) is 39.2 Å². The molecule has 11 heteroatoms. The van der Waals surface area contributed by atoms with Gasteiger partial charge in [-0.25, -0.2) is 18.2 Å². The molecule has 10 nitrogen and oxygen atoms in total. The number of carbonyl (C=O) groups excluding carboxylic acids is 4. The normalized spacial score (nSPS) is 14.4. The molecule has 0 aromatic heterocycles. The molecule has 0 aliphatic carbocycles. The standard InChI is InChI=1S/C26H20N2O8S.C2H6/c1-3-13-35-21-7-5-17(15-19(21)27-23(29)9-10-24(27)30)37(33,34)18-6-8-22(36-14-4-2)20(16-18)28-25(31)11-12-26(28)32;1-2/h3-12,15-16H,1-2,13-14H2;1-2H3. The molecule has 2 aliphatic rings. The zero-order valence-electron chi connectivity index (χ0n) is 21.3. The lowest BCUT2D eigenvalue weighted by molar-refractivity contribution is -0.121. The van der Waals surface area contributed by atoms with Gasteiger partial charge in [0.25, 0.3) is 23.6 Å². The second-order valence-electron chi connectivity index (χ2n) is 7.65. The van der Waals surface area contributed by atoms with Crippen LogP contribution in [0.15, 0.2) is 95.8 Å². The number of carbonyl (C=O) groups is 4. The number of rotatable bonds is 10. The predicted molar refractivity (Wildman–Crippen MR) is 144 cm³/mol. The number of amides is 4. The number of sulfone groups is 1. The molecule has 0 bridgehead atoms. The SMILES string of the molecule is C=CCOc1ccc(S(=O)(=O)c2ccc(OCC=C)c(N3C(=O)C=CC3=O)c2)cc1N1C(=O)C=CC1=O.CC. The maximum Gasteiger partial charge on any atom is 0.258 e. The third kappa shape index (κ3) is 5.73. The monoisotopic (exact) mass is 550 g/mol. The van der Waals surface area contributed by atoms with Gasteiger partial charge in [0.1, 0.15) is 24.7 Å². The number of anilines is 2. The Hall–Kier alpha value is -4.77. The van der Waals surface area contributed by atoms with Gasteiger partial charge in [-0.3, -0.25) is 19.2 Å². The van der Waals surface area contributed by atoms with Crippen molar-refractivity contribution in [2.45, 2.75) is 23.6 Å². The maximum absolute atomic E-state index is 13.6. The van der Waals surface area contributed by atoms with Crippen molar-refractivity contribution < 1.29 is 37.1 Å². The third-order valence-corrected chi connectivity index (χ3v) is 7.04. The molecular weight excluding hydrogens is 524 g/mol. The number of nitrogens with zero attached hydrogens (tertiary/aromatic N) is 2. The van der Waals surface area contributed by atoms with Crippen LogP contribution in [0.25, 0.3) is 0 Å². The van der Waals surface area contributed by atoms with Crippen LogP contribution in [0.4, 0.5) is 11.4 Å². The Labute approximate surface area is 226 Å². The molecule has 0 fully saturated rings. The number of ether oxygens (including phenoxy) is 2. The first-order chi connectivity index (χ1) is 18.7. The van der Waals surface area contributed by atoms with E-state index in [0.717, 1.165) is 46.2 Å². The van der Waals surface area contributed by atoms with Crippen molar-refractivity contribution in [3.05, 3.63) is 86.0 Å². The van der Waals surface area contributed by atoms with E-state index >= 15 is 0 Å². The second kappa shape index (κ2) is 12.2. The molecule has 202 valence electrons. The smallest absolute Gasteiger partial charge is 0.258 e. The van der Waals surface area contributed by atoms with Crippen molar-refractivity contribution >= 4 is 44.8 Å². The maximum atomic E-state index is 13.6. The van der Waals surface area contributed by atoms with Crippen LogP contribution in [0, 0.1) is 0 Å². The molecule has 0 saturated carbocycles. The van der Waals surface area contributed by atoms with E-state index < -0.39 is 33.5 Å². The van der Waals surface area contributed by atoms with E-state index in [1.807, 2.05) is 13.8 Å². The van der Waals surface area contributed by atoms with Crippen LogP contribution < -0.4 is 19.3 Å². The molecule has 0 atom stereocenters. The zero-order chi connectivity index (χ0) is 28.7. The summed E-state index contributed by atoms with van der Waals surface area (Å²) < 4.78 is 38.3. The summed E-state index contributed by atoms with van der Waals surface area (Å²) >= 11 is 0. The van der Waals surface area contributed by atoms with E-state index in [2.05, 4.69) is 13.2 Å². The minimum Gasteiger partial charge on any atom is -0.487 e. The molecule has 2 aromatic rings. The molecule has 0 unspecified atom stereocenters. The highest BCUT2D eigenvalue weighted by Crippen LogP contribution is 2.38.